The molecule has 4 N–H and O–H groups in total. The van der Waals surface area contributed by atoms with Crippen molar-refractivity contribution in [3.8, 4) is 17.3 Å². The van der Waals surface area contributed by atoms with Crippen molar-refractivity contribution >= 4 is 11.6 Å². The van der Waals surface area contributed by atoms with Crippen LogP contribution in [0, 0.1) is 11.3 Å². The van der Waals surface area contributed by atoms with E-state index in [0.29, 0.717) is 24.7 Å². The molecule has 0 aliphatic carbocycles. The predicted molar refractivity (Wildman–Crippen MR) is 101 cm³/mol. The number of anilines is 2. The van der Waals surface area contributed by atoms with Crippen LogP contribution in [0.3, 0.4) is 0 Å². The number of benzene rings is 1. The highest BCUT2D eigenvalue weighted by molar-refractivity contribution is 5.65. The summed E-state index contributed by atoms with van der Waals surface area (Å²) in [5.74, 6) is 1.12. The largest absolute Gasteiger partial charge is 0.325 e. The molecule has 0 bridgehead atoms. The highest BCUT2D eigenvalue weighted by Crippen LogP contribution is 2.22. The Balaban J connectivity index is 1.43. The fourth-order valence-electron chi connectivity index (χ4n) is 2.60. The second-order valence-corrected chi connectivity index (χ2v) is 6.00. The lowest BCUT2D eigenvalue weighted by Crippen LogP contribution is -2.00. The van der Waals surface area contributed by atoms with Gasteiger partial charge in [-0.2, -0.15) is 10.4 Å². The molecular weight excluding hydrogens is 356 g/mol. The van der Waals surface area contributed by atoms with Gasteiger partial charge in [-0.25, -0.2) is 14.6 Å². The molecule has 10 nitrogen and oxygen atoms in total. The second kappa shape index (κ2) is 7.65. The molecule has 4 rings (SSSR count). The molecule has 0 saturated heterocycles. The number of rotatable bonds is 6. The number of hydrogen-bond acceptors (Lipinski definition) is 8. The van der Waals surface area contributed by atoms with Crippen LogP contribution in [0.15, 0.2) is 48.9 Å². The van der Waals surface area contributed by atoms with E-state index >= 15 is 0 Å². The molecule has 0 aliphatic rings. The monoisotopic (exact) mass is 372 g/mol. The molecule has 0 radical (unpaired) electrons. The molecule has 0 aliphatic heterocycles. The molecule has 10 heteroatoms. The summed E-state index contributed by atoms with van der Waals surface area (Å²) >= 11 is 0. The Morgan fingerprint density at radius 1 is 1.14 bits per heavy atom. The van der Waals surface area contributed by atoms with Crippen LogP contribution >= 0.6 is 0 Å². The quantitative estimate of drug-likeness (QED) is 0.462. The van der Waals surface area contributed by atoms with Gasteiger partial charge in [0, 0.05) is 12.6 Å². The zero-order valence-electron chi connectivity index (χ0n) is 14.7. The zero-order valence-corrected chi connectivity index (χ0v) is 14.7. The van der Waals surface area contributed by atoms with Gasteiger partial charge in [0.05, 0.1) is 36.5 Å². The molecular formula is C18H16N10. The number of nitrogens with one attached hydrogen (secondary N) is 2. The highest BCUT2D eigenvalue weighted by atomic mass is 15.4. The number of H-pyrrole nitrogens is 1. The molecule has 0 atom stereocenters. The van der Waals surface area contributed by atoms with Crippen LogP contribution in [0.4, 0.5) is 11.6 Å². The van der Waals surface area contributed by atoms with Gasteiger partial charge in [0.25, 0.3) is 0 Å². The summed E-state index contributed by atoms with van der Waals surface area (Å²) in [6.45, 7) is 1.00. The minimum Gasteiger partial charge on any atom is -0.325 e. The number of nitrogens with zero attached hydrogens (tertiary/aromatic N) is 7. The molecule has 0 spiro atoms. The lowest BCUT2D eigenvalue weighted by Gasteiger charge is -2.03. The molecule has 0 saturated carbocycles. The molecule has 28 heavy (non-hydrogen) atoms. The van der Waals surface area contributed by atoms with Crippen LogP contribution in [0.2, 0.25) is 0 Å². The van der Waals surface area contributed by atoms with E-state index in [9.17, 15) is 0 Å². The molecule has 1 aromatic carbocycles. The van der Waals surface area contributed by atoms with Crippen LogP contribution in [0.25, 0.3) is 11.3 Å². The van der Waals surface area contributed by atoms with Crippen molar-refractivity contribution in [2.75, 3.05) is 5.32 Å². The number of nitriles is 1. The number of nitrogens with two attached hydrogens (primary N) is 1. The average Bonchev–Trinajstić information content (AvgIpc) is 3.39. The van der Waals surface area contributed by atoms with Crippen LogP contribution in [0.1, 0.15) is 17.0 Å². The minimum atomic E-state index is 0.263. The van der Waals surface area contributed by atoms with E-state index in [2.05, 4.69) is 35.8 Å². The van der Waals surface area contributed by atoms with E-state index in [1.54, 1.807) is 4.68 Å². The Hall–Kier alpha value is -4.10. The van der Waals surface area contributed by atoms with Crippen LogP contribution in [0.5, 0.6) is 0 Å². The van der Waals surface area contributed by atoms with Gasteiger partial charge < -0.3 is 11.1 Å². The zero-order chi connectivity index (χ0) is 19.3. The number of hydrogen-bond donors (Lipinski definition) is 3. The average molecular weight is 372 g/mol. The summed E-state index contributed by atoms with van der Waals surface area (Å²) in [7, 11) is 0. The van der Waals surface area contributed by atoms with Gasteiger partial charge in [-0.3, -0.25) is 5.10 Å². The normalized spacial score (nSPS) is 10.6. The Bertz CT molecular complexity index is 1100. The van der Waals surface area contributed by atoms with E-state index in [0.717, 1.165) is 22.5 Å². The first-order valence-electron chi connectivity index (χ1n) is 8.46. The molecule has 3 heterocycles. The summed E-state index contributed by atoms with van der Waals surface area (Å²) in [6, 6.07) is 11.9. The maximum absolute atomic E-state index is 8.76. The topological polar surface area (TPSA) is 147 Å². The van der Waals surface area contributed by atoms with E-state index < -0.39 is 0 Å². The lowest BCUT2D eigenvalue weighted by molar-refractivity contribution is 0.649. The SMILES string of the molecule is N#Cc1cnc(Nc2cc(-c3ccc(Cn4cc(CN)nn4)cc3)[nH]n2)cn1. The molecule has 0 unspecified atom stereocenters. The third kappa shape index (κ3) is 3.84. The van der Waals surface area contributed by atoms with Gasteiger partial charge in [0.2, 0.25) is 0 Å². The molecule has 0 amide bonds. The third-order valence-electron chi connectivity index (χ3n) is 4.01. The Kier molecular flexibility index (Phi) is 4.73. The first kappa shape index (κ1) is 17.3. The van der Waals surface area contributed by atoms with Crippen molar-refractivity contribution in [1.29, 1.82) is 5.26 Å². The van der Waals surface area contributed by atoms with Crippen molar-refractivity contribution in [3.63, 3.8) is 0 Å². The standard InChI is InChI=1S/C18H16N10/c19-6-14-8-22-18(9-21-14)23-17-5-16(25-26-17)13-3-1-12(2-4-13)10-28-11-15(7-20)24-27-28/h1-5,8-9,11H,7,10,20H2,(H2,22,23,25,26). The van der Waals surface area contributed by atoms with Gasteiger partial charge in [-0.15, -0.1) is 5.10 Å². The van der Waals surface area contributed by atoms with Gasteiger partial charge in [-0.1, -0.05) is 29.5 Å². The fraction of sp³-hybridized carbons (Fsp3) is 0.111. The predicted octanol–water partition coefficient (Wildman–Crippen LogP) is 1.58. The molecule has 0 fully saturated rings. The molecule has 3 aromatic heterocycles. The van der Waals surface area contributed by atoms with Crippen molar-refractivity contribution in [1.82, 2.24) is 35.2 Å². The summed E-state index contributed by atoms with van der Waals surface area (Å²) in [5.41, 5.74) is 9.54. The molecule has 138 valence electrons. The van der Waals surface area contributed by atoms with Crippen LogP contribution < -0.4 is 11.1 Å². The van der Waals surface area contributed by atoms with Crippen LogP contribution in [-0.2, 0) is 13.1 Å². The fourth-order valence-corrected chi connectivity index (χ4v) is 2.60. The Labute approximate surface area is 160 Å². The van der Waals surface area contributed by atoms with Crippen LogP contribution in [-0.4, -0.2) is 35.2 Å². The Morgan fingerprint density at radius 2 is 2.00 bits per heavy atom. The number of aromatic amines is 1. The third-order valence-corrected chi connectivity index (χ3v) is 4.01. The van der Waals surface area contributed by atoms with Gasteiger partial charge in [0.15, 0.2) is 11.5 Å². The summed E-state index contributed by atoms with van der Waals surface area (Å²) in [5, 5.41) is 27.1. The first-order valence-corrected chi connectivity index (χ1v) is 8.46. The number of aromatic nitrogens is 7. The highest BCUT2D eigenvalue weighted by Gasteiger charge is 2.06. The van der Waals surface area contributed by atoms with Gasteiger partial charge in [0.1, 0.15) is 11.9 Å². The summed E-state index contributed by atoms with van der Waals surface area (Å²) in [4.78, 5) is 8.08. The maximum atomic E-state index is 8.76. The summed E-state index contributed by atoms with van der Waals surface area (Å²) < 4.78 is 1.76. The van der Waals surface area contributed by atoms with Crippen molar-refractivity contribution in [2.45, 2.75) is 13.1 Å². The van der Waals surface area contributed by atoms with E-state index in [1.165, 1.54) is 12.4 Å². The van der Waals surface area contributed by atoms with E-state index in [4.69, 9.17) is 11.0 Å². The lowest BCUT2D eigenvalue weighted by atomic mass is 10.1. The minimum absolute atomic E-state index is 0.263. The summed E-state index contributed by atoms with van der Waals surface area (Å²) in [6.07, 6.45) is 4.73. The van der Waals surface area contributed by atoms with Crippen molar-refractivity contribution < 1.29 is 0 Å². The molecule has 4 aromatic rings. The maximum Gasteiger partial charge on any atom is 0.158 e. The van der Waals surface area contributed by atoms with Gasteiger partial charge in [-0.05, 0) is 11.1 Å². The van der Waals surface area contributed by atoms with Crippen molar-refractivity contribution in [3.05, 3.63) is 65.9 Å². The van der Waals surface area contributed by atoms with E-state index in [-0.39, 0.29) is 5.69 Å². The Morgan fingerprint density at radius 3 is 2.68 bits per heavy atom. The first-order chi connectivity index (χ1) is 13.7. The second-order valence-electron chi connectivity index (χ2n) is 6.00. The van der Waals surface area contributed by atoms with Crippen molar-refractivity contribution in [2.24, 2.45) is 5.73 Å². The smallest absolute Gasteiger partial charge is 0.158 e. The van der Waals surface area contributed by atoms with Gasteiger partial charge >= 0.3 is 0 Å². The van der Waals surface area contributed by atoms with E-state index in [1.807, 2.05) is 42.6 Å².